The highest BCUT2D eigenvalue weighted by atomic mass is 32.1. The Morgan fingerprint density at radius 2 is 2.08 bits per heavy atom. The van der Waals surface area contributed by atoms with E-state index in [4.69, 9.17) is 17.0 Å². The fraction of sp³-hybridized carbons (Fsp3) is 0.250. The molecule has 1 atom stereocenters. The second kappa shape index (κ2) is 7.04. The van der Waals surface area contributed by atoms with Crippen molar-refractivity contribution in [2.75, 3.05) is 6.61 Å². The number of hydrogen-bond donors (Lipinski definition) is 2. The van der Waals surface area contributed by atoms with E-state index in [9.17, 15) is 18.0 Å². The van der Waals surface area contributed by atoms with Gasteiger partial charge in [0, 0.05) is 5.70 Å². The van der Waals surface area contributed by atoms with Gasteiger partial charge in [-0.05, 0) is 30.8 Å². The molecule has 1 aliphatic rings. The molecule has 24 heavy (non-hydrogen) atoms. The molecule has 0 saturated carbocycles. The molecule has 0 radical (unpaired) electrons. The molecule has 0 saturated heterocycles. The van der Waals surface area contributed by atoms with Crippen molar-refractivity contribution in [2.24, 2.45) is 0 Å². The molecule has 1 aliphatic heterocycles. The van der Waals surface area contributed by atoms with Crippen molar-refractivity contribution in [1.82, 2.24) is 10.6 Å². The van der Waals surface area contributed by atoms with E-state index in [1.54, 1.807) is 6.92 Å². The van der Waals surface area contributed by atoms with Gasteiger partial charge in [0.15, 0.2) is 5.11 Å². The van der Waals surface area contributed by atoms with E-state index >= 15 is 0 Å². The van der Waals surface area contributed by atoms with Crippen LogP contribution in [0.2, 0.25) is 0 Å². The number of benzene rings is 1. The number of carbonyl (C=O) groups excluding carboxylic acids is 1. The lowest BCUT2D eigenvalue weighted by atomic mass is 9.92. The van der Waals surface area contributed by atoms with Gasteiger partial charge in [-0.15, -0.1) is 0 Å². The van der Waals surface area contributed by atoms with Crippen molar-refractivity contribution in [2.45, 2.75) is 19.1 Å². The van der Waals surface area contributed by atoms with Crippen LogP contribution >= 0.6 is 12.2 Å². The number of esters is 1. The summed E-state index contributed by atoms with van der Waals surface area (Å²) in [6.07, 6.45) is -3.18. The highest BCUT2D eigenvalue weighted by Crippen LogP contribution is 2.38. The molecule has 1 aromatic carbocycles. The normalized spacial score (nSPS) is 17.8. The van der Waals surface area contributed by atoms with Gasteiger partial charge in [0.2, 0.25) is 0 Å². The summed E-state index contributed by atoms with van der Waals surface area (Å²) in [5, 5.41) is 5.59. The number of carbonyl (C=O) groups is 1. The SMILES string of the molecule is C=CCOC(=O)C1=C(C)NC(=S)N[C@@H]1c1ccccc1C(F)(F)F. The van der Waals surface area contributed by atoms with Crippen molar-refractivity contribution < 1.29 is 22.7 Å². The maximum Gasteiger partial charge on any atom is 0.416 e. The molecule has 0 amide bonds. The van der Waals surface area contributed by atoms with Gasteiger partial charge < -0.3 is 15.4 Å². The highest BCUT2D eigenvalue weighted by molar-refractivity contribution is 7.80. The third-order valence-electron chi connectivity index (χ3n) is 3.40. The second-order valence-corrected chi connectivity index (χ2v) is 5.45. The molecule has 0 spiro atoms. The molecule has 0 aliphatic carbocycles. The number of nitrogens with one attached hydrogen (secondary N) is 2. The van der Waals surface area contributed by atoms with Gasteiger partial charge in [-0.3, -0.25) is 0 Å². The van der Waals surface area contributed by atoms with E-state index in [-0.39, 0.29) is 22.9 Å². The van der Waals surface area contributed by atoms with E-state index in [0.29, 0.717) is 5.70 Å². The van der Waals surface area contributed by atoms with Crippen molar-refractivity contribution in [3.8, 4) is 0 Å². The Balaban J connectivity index is 2.54. The zero-order chi connectivity index (χ0) is 17.9. The molecular weight excluding hydrogens is 341 g/mol. The average Bonchev–Trinajstić information content (AvgIpc) is 2.51. The van der Waals surface area contributed by atoms with Crippen molar-refractivity contribution in [1.29, 1.82) is 0 Å². The summed E-state index contributed by atoms with van der Waals surface area (Å²) in [6.45, 7) is 4.95. The molecule has 128 valence electrons. The Morgan fingerprint density at radius 3 is 2.71 bits per heavy atom. The van der Waals surface area contributed by atoms with Gasteiger partial charge in [-0.1, -0.05) is 30.9 Å². The first kappa shape index (κ1) is 18.0. The fourth-order valence-corrected chi connectivity index (χ4v) is 2.69. The van der Waals surface area contributed by atoms with E-state index in [0.717, 1.165) is 6.07 Å². The van der Waals surface area contributed by atoms with Crippen LogP contribution in [0.4, 0.5) is 13.2 Å². The van der Waals surface area contributed by atoms with E-state index in [2.05, 4.69) is 17.2 Å². The number of halogens is 3. The van der Waals surface area contributed by atoms with Gasteiger partial charge in [-0.25, -0.2) is 4.79 Å². The monoisotopic (exact) mass is 356 g/mol. The van der Waals surface area contributed by atoms with Crippen LogP contribution in [0.5, 0.6) is 0 Å². The Kier molecular flexibility index (Phi) is 5.28. The third kappa shape index (κ3) is 3.76. The Hall–Kier alpha value is -2.35. The van der Waals surface area contributed by atoms with E-state index in [1.807, 2.05) is 0 Å². The molecule has 4 nitrogen and oxygen atoms in total. The van der Waals surface area contributed by atoms with Crippen LogP contribution in [0.15, 0.2) is 48.2 Å². The summed E-state index contributed by atoms with van der Waals surface area (Å²) >= 11 is 5.02. The predicted molar refractivity (Wildman–Crippen MR) is 86.9 cm³/mol. The lowest BCUT2D eigenvalue weighted by Gasteiger charge is -2.31. The molecule has 0 unspecified atom stereocenters. The predicted octanol–water partition coefficient (Wildman–Crippen LogP) is 3.23. The maximum absolute atomic E-state index is 13.3. The average molecular weight is 356 g/mol. The standard InChI is InChI=1S/C16H15F3N2O2S/c1-3-8-23-14(22)12-9(2)20-15(24)21-13(12)10-6-4-5-7-11(10)16(17,18)19/h3-7,13H,1,8H2,2H3,(H2,20,21,24)/t13-/m1/s1. The first-order valence-corrected chi connectivity index (χ1v) is 7.39. The molecule has 1 aromatic rings. The molecule has 0 fully saturated rings. The summed E-state index contributed by atoms with van der Waals surface area (Å²) < 4.78 is 44.9. The van der Waals surface area contributed by atoms with Crippen LogP contribution in [0.1, 0.15) is 24.1 Å². The summed E-state index contributed by atoms with van der Waals surface area (Å²) in [4.78, 5) is 12.3. The first-order valence-electron chi connectivity index (χ1n) is 6.98. The lowest BCUT2D eigenvalue weighted by molar-refractivity contribution is -0.140. The number of hydrogen-bond acceptors (Lipinski definition) is 3. The van der Waals surface area contributed by atoms with E-state index in [1.165, 1.54) is 24.3 Å². The van der Waals surface area contributed by atoms with Gasteiger partial charge in [0.25, 0.3) is 0 Å². The molecule has 2 rings (SSSR count). The number of thiocarbonyl (C=S) groups is 1. The molecular formula is C16H15F3N2O2S. The first-order chi connectivity index (χ1) is 11.3. The largest absolute Gasteiger partial charge is 0.458 e. The minimum atomic E-state index is -4.56. The highest BCUT2D eigenvalue weighted by Gasteiger charge is 2.39. The van der Waals surface area contributed by atoms with Gasteiger partial charge >= 0.3 is 12.1 Å². The molecule has 0 aromatic heterocycles. The van der Waals surface area contributed by atoms with E-state index < -0.39 is 23.8 Å². The second-order valence-electron chi connectivity index (χ2n) is 5.04. The minimum absolute atomic E-state index is 0.0437. The molecule has 2 N–H and O–H groups in total. The van der Waals surface area contributed by atoms with Crippen molar-refractivity contribution in [3.05, 3.63) is 59.3 Å². The number of ether oxygens (including phenoxy) is 1. The topological polar surface area (TPSA) is 50.4 Å². The van der Waals surface area contributed by atoms with Gasteiger partial charge in [0.05, 0.1) is 17.2 Å². The number of alkyl halides is 3. The maximum atomic E-state index is 13.3. The Labute approximate surface area is 142 Å². The van der Waals surface area contributed by atoms with Gasteiger partial charge in [-0.2, -0.15) is 13.2 Å². The molecule has 8 heteroatoms. The minimum Gasteiger partial charge on any atom is -0.458 e. The summed E-state index contributed by atoms with van der Waals surface area (Å²) in [5.74, 6) is -0.739. The van der Waals surface area contributed by atoms with Crippen LogP contribution in [-0.2, 0) is 15.7 Å². The number of allylic oxidation sites excluding steroid dienone is 1. The van der Waals surface area contributed by atoms with Crippen LogP contribution in [-0.4, -0.2) is 17.7 Å². The van der Waals surface area contributed by atoms with Crippen LogP contribution in [0.25, 0.3) is 0 Å². The number of rotatable bonds is 4. The van der Waals surface area contributed by atoms with Crippen LogP contribution < -0.4 is 10.6 Å². The zero-order valence-corrected chi connectivity index (χ0v) is 13.6. The fourth-order valence-electron chi connectivity index (χ4n) is 2.42. The summed E-state index contributed by atoms with van der Waals surface area (Å²) in [7, 11) is 0. The third-order valence-corrected chi connectivity index (χ3v) is 3.62. The quantitative estimate of drug-likeness (QED) is 0.493. The summed E-state index contributed by atoms with van der Waals surface area (Å²) in [6, 6.07) is 3.97. The summed E-state index contributed by atoms with van der Waals surface area (Å²) in [5.41, 5.74) is -0.551. The van der Waals surface area contributed by atoms with Gasteiger partial charge in [0.1, 0.15) is 6.61 Å². The van der Waals surface area contributed by atoms with Crippen LogP contribution in [0, 0.1) is 0 Å². The molecule has 1 heterocycles. The smallest absolute Gasteiger partial charge is 0.416 e. The molecule has 0 bridgehead atoms. The Morgan fingerprint density at radius 1 is 1.42 bits per heavy atom. The Bertz CT molecular complexity index is 714. The van der Waals surface area contributed by atoms with Crippen LogP contribution in [0.3, 0.4) is 0 Å². The lowest BCUT2D eigenvalue weighted by Crippen LogP contribution is -2.45. The van der Waals surface area contributed by atoms with Crippen molar-refractivity contribution in [3.63, 3.8) is 0 Å². The van der Waals surface area contributed by atoms with Crippen molar-refractivity contribution >= 4 is 23.3 Å². The zero-order valence-electron chi connectivity index (χ0n) is 12.7.